The van der Waals surface area contributed by atoms with Gasteiger partial charge in [0.05, 0.1) is 0 Å². The molecule has 0 aliphatic carbocycles. The van der Waals surface area contributed by atoms with E-state index in [9.17, 15) is 9.59 Å². The number of amides is 2. The molecule has 17 heavy (non-hydrogen) atoms. The van der Waals surface area contributed by atoms with Gasteiger partial charge in [-0.1, -0.05) is 29.8 Å². The standard InChI is InChI=1S/C13H14N2O2/c1-8-3-5-10(6-4-8)7-11-13(17)14-9(2)12(16)15-11/h3-7,9H,1-2H3,(H,14,17)(H,15,16)/b11-7+/t9-/m1/s1. The summed E-state index contributed by atoms with van der Waals surface area (Å²) in [6, 6.07) is 7.24. The van der Waals surface area contributed by atoms with Gasteiger partial charge in [-0.05, 0) is 25.5 Å². The Hall–Kier alpha value is -2.10. The Balaban J connectivity index is 2.24. The summed E-state index contributed by atoms with van der Waals surface area (Å²) in [5.41, 5.74) is 2.32. The van der Waals surface area contributed by atoms with Crippen LogP contribution in [-0.4, -0.2) is 17.9 Å². The maximum absolute atomic E-state index is 11.6. The molecule has 1 atom stereocenters. The minimum absolute atomic E-state index is 0.192. The number of carbonyl (C=O) groups is 2. The van der Waals surface area contributed by atoms with Gasteiger partial charge in [-0.15, -0.1) is 0 Å². The molecule has 88 valence electrons. The fourth-order valence-electron chi connectivity index (χ4n) is 1.57. The summed E-state index contributed by atoms with van der Waals surface area (Å²) in [7, 11) is 0. The van der Waals surface area contributed by atoms with E-state index in [2.05, 4.69) is 10.6 Å². The normalized spacial score (nSPS) is 22.2. The highest BCUT2D eigenvalue weighted by molar-refractivity contribution is 6.07. The molecule has 0 radical (unpaired) electrons. The molecule has 0 unspecified atom stereocenters. The Labute approximate surface area is 99.7 Å². The molecular formula is C13H14N2O2. The van der Waals surface area contributed by atoms with Crippen LogP contribution in [0, 0.1) is 6.92 Å². The topological polar surface area (TPSA) is 58.2 Å². The largest absolute Gasteiger partial charge is 0.339 e. The summed E-state index contributed by atoms with van der Waals surface area (Å²) in [5, 5.41) is 5.18. The first-order valence-electron chi connectivity index (χ1n) is 5.46. The number of benzene rings is 1. The molecule has 1 heterocycles. The van der Waals surface area contributed by atoms with Gasteiger partial charge < -0.3 is 10.6 Å². The summed E-state index contributed by atoms with van der Waals surface area (Å²) in [5.74, 6) is -0.444. The lowest BCUT2D eigenvalue weighted by atomic mass is 10.1. The van der Waals surface area contributed by atoms with Crippen LogP contribution in [-0.2, 0) is 9.59 Å². The van der Waals surface area contributed by atoms with E-state index >= 15 is 0 Å². The second kappa shape index (κ2) is 4.41. The molecule has 0 aromatic heterocycles. The summed E-state index contributed by atoms with van der Waals surface area (Å²) >= 11 is 0. The van der Waals surface area contributed by atoms with Gasteiger partial charge in [0.15, 0.2) is 0 Å². The second-order valence-electron chi connectivity index (χ2n) is 4.15. The number of nitrogens with one attached hydrogen (secondary N) is 2. The van der Waals surface area contributed by atoms with Gasteiger partial charge in [-0.2, -0.15) is 0 Å². The molecule has 1 aliphatic heterocycles. The van der Waals surface area contributed by atoms with Crippen molar-refractivity contribution in [3.8, 4) is 0 Å². The maximum Gasteiger partial charge on any atom is 0.268 e. The van der Waals surface area contributed by atoms with Crippen molar-refractivity contribution in [2.75, 3.05) is 0 Å². The molecule has 1 fully saturated rings. The van der Waals surface area contributed by atoms with E-state index in [4.69, 9.17) is 0 Å². The third-order valence-corrected chi connectivity index (χ3v) is 2.63. The van der Waals surface area contributed by atoms with Crippen molar-refractivity contribution in [2.24, 2.45) is 0 Å². The first kappa shape index (κ1) is 11.4. The lowest BCUT2D eigenvalue weighted by Crippen LogP contribution is -2.53. The van der Waals surface area contributed by atoms with Crippen LogP contribution in [0.2, 0.25) is 0 Å². The van der Waals surface area contributed by atoms with Crippen LogP contribution in [0.15, 0.2) is 30.0 Å². The third-order valence-electron chi connectivity index (χ3n) is 2.63. The van der Waals surface area contributed by atoms with Gasteiger partial charge >= 0.3 is 0 Å². The Morgan fingerprint density at radius 2 is 1.82 bits per heavy atom. The van der Waals surface area contributed by atoms with Gasteiger partial charge in [-0.25, -0.2) is 0 Å². The Kier molecular flexibility index (Phi) is 2.95. The van der Waals surface area contributed by atoms with E-state index in [1.165, 1.54) is 0 Å². The van der Waals surface area contributed by atoms with E-state index in [0.29, 0.717) is 0 Å². The summed E-state index contributed by atoms with van der Waals surface area (Å²) < 4.78 is 0. The fourth-order valence-corrected chi connectivity index (χ4v) is 1.57. The predicted molar refractivity (Wildman–Crippen MR) is 64.9 cm³/mol. The minimum Gasteiger partial charge on any atom is -0.339 e. The number of hydrogen-bond acceptors (Lipinski definition) is 2. The summed E-state index contributed by atoms with van der Waals surface area (Å²) in [4.78, 5) is 23.1. The average molecular weight is 230 g/mol. The molecular weight excluding hydrogens is 216 g/mol. The van der Waals surface area contributed by atoms with Crippen LogP contribution in [0.3, 0.4) is 0 Å². The zero-order valence-corrected chi connectivity index (χ0v) is 9.78. The Morgan fingerprint density at radius 1 is 1.18 bits per heavy atom. The van der Waals surface area contributed by atoms with Crippen LogP contribution >= 0.6 is 0 Å². The molecule has 1 aromatic carbocycles. The first-order valence-corrected chi connectivity index (χ1v) is 5.46. The van der Waals surface area contributed by atoms with E-state index in [0.717, 1.165) is 11.1 Å². The predicted octanol–water partition coefficient (Wildman–Crippen LogP) is 0.970. The molecule has 0 spiro atoms. The highest BCUT2D eigenvalue weighted by Gasteiger charge is 2.25. The number of aryl methyl sites for hydroxylation is 1. The number of rotatable bonds is 1. The van der Waals surface area contributed by atoms with Gasteiger partial charge in [0.1, 0.15) is 11.7 Å². The minimum atomic E-state index is -0.474. The summed E-state index contributed by atoms with van der Waals surface area (Å²) in [6.07, 6.45) is 1.67. The first-order chi connectivity index (χ1) is 8.06. The van der Waals surface area contributed by atoms with Gasteiger partial charge in [0, 0.05) is 0 Å². The van der Waals surface area contributed by atoms with Crippen LogP contribution < -0.4 is 10.6 Å². The molecule has 0 bridgehead atoms. The number of piperazine rings is 1. The molecule has 2 N–H and O–H groups in total. The van der Waals surface area contributed by atoms with Crippen LogP contribution in [0.1, 0.15) is 18.1 Å². The van der Waals surface area contributed by atoms with Crippen molar-refractivity contribution >= 4 is 17.9 Å². The monoisotopic (exact) mass is 230 g/mol. The molecule has 1 saturated heterocycles. The molecule has 1 aromatic rings. The van der Waals surface area contributed by atoms with Gasteiger partial charge in [-0.3, -0.25) is 9.59 Å². The SMILES string of the molecule is Cc1ccc(/C=C2/NC(=O)[C@@H](C)NC2=O)cc1. The lowest BCUT2D eigenvalue weighted by molar-refractivity contribution is -0.130. The van der Waals surface area contributed by atoms with Crippen LogP contribution in [0.5, 0.6) is 0 Å². The zero-order valence-electron chi connectivity index (χ0n) is 9.78. The highest BCUT2D eigenvalue weighted by atomic mass is 16.2. The van der Waals surface area contributed by atoms with Crippen molar-refractivity contribution in [3.63, 3.8) is 0 Å². The summed E-state index contributed by atoms with van der Waals surface area (Å²) in [6.45, 7) is 3.64. The Bertz CT molecular complexity index is 489. The fraction of sp³-hybridized carbons (Fsp3) is 0.231. The van der Waals surface area contributed by atoms with E-state index in [1.54, 1.807) is 13.0 Å². The smallest absolute Gasteiger partial charge is 0.268 e. The maximum atomic E-state index is 11.6. The van der Waals surface area contributed by atoms with Crippen molar-refractivity contribution in [1.29, 1.82) is 0 Å². The van der Waals surface area contributed by atoms with E-state index < -0.39 is 6.04 Å². The second-order valence-corrected chi connectivity index (χ2v) is 4.15. The average Bonchev–Trinajstić information content (AvgIpc) is 2.29. The van der Waals surface area contributed by atoms with Crippen molar-refractivity contribution < 1.29 is 9.59 Å². The van der Waals surface area contributed by atoms with Gasteiger partial charge in [0.2, 0.25) is 5.91 Å². The van der Waals surface area contributed by atoms with Gasteiger partial charge in [0.25, 0.3) is 5.91 Å². The molecule has 1 aliphatic rings. The molecule has 4 nitrogen and oxygen atoms in total. The zero-order chi connectivity index (χ0) is 12.4. The molecule has 2 amide bonds. The molecule has 0 saturated carbocycles. The lowest BCUT2D eigenvalue weighted by Gasteiger charge is -2.21. The van der Waals surface area contributed by atoms with Crippen LogP contribution in [0.25, 0.3) is 6.08 Å². The highest BCUT2D eigenvalue weighted by Crippen LogP contribution is 2.09. The molecule has 4 heteroatoms. The number of carbonyl (C=O) groups excluding carboxylic acids is 2. The van der Waals surface area contributed by atoms with E-state index in [-0.39, 0.29) is 17.5 Å². The number of hydrogen-bond donors (Lipinski definition) is 2. The quantitative estimate of drug-likeness (QED) is 0.706. The molecule has 2 rings (SSSR count). The Morgan fingerprint density at radius 3 is 2.47 bits per heavy atom. The van der Waals surface area contributed by atoms with Crippen molar-refractivity contribution in [2.45, 2.75) is 19.9 Å². The van der Waals surface area contributed by atoms with Crippen LogP contribution in [0.4, 0.5) is 0 Å². The van der Waals surface area contributed by atoms with E-state index in [1.807, 2.05) is 31.2 Å². The van der Waals surface area contributed by atoms with Crippen molar-refractivity contribution in [3.05, 3.63) is 41.1 Å². The third kappa shape index (κ3) is 2.53. The van der Waals surface area contributed by atoms with Crippen molar-refractivity contribution in [1.82, 2.24) is 10.6 Å².